The fraction of sp³-hybridized carbons (Fsp3) is 0.625. The SMILES string of the molecule is Cc1c(CNCCCCN(C)C(C)C)cccc1[N+](=O)[O-]. The van der Waals surface area contributed by atoms with Gasteiger partial charge in [-0.15, -0.1) is 0 Å². The molecule has 118 valence electrons. The van der Waals surface area contributed by atoms with Crippen molar-refractivity contribution in [1.29, 1.82) is 0 Å². The summed E-state index contributed by atoms with van der Waals surface area (Å²) in [6.07, 6.45) is 2.28. The predicted molar refractivity (Wildman–Crippen MR) is 86.5 cm³/mol. The van der Waals surface area contributed by atoms with Crippen LogP contribution < -0.4 is 5.32 Å². The quantitative estimate of drug-likeness (QED) is 0.432. The van der Waals surface area contributed by atoms with Gasteiger partial charge in [0, 0.05) is 24.2 Å². The number of nitrogens with one attached hydrogen (secondary N) is 1. The van der Waals surface area contributed by atoms with Crippen LogP contribution in [0.25, 0.3) is 0 Å². The van der Waals surface area contributed by atoms with Crippen molar-refractivity contribution in [3.8, 4) is 0 Å². The topological polar surface area (TPSA) is 58.4 Å². The Kier molecular flexibility index (Phi) is 7.32. The van der Waals surface area contributed by atoms with Crippen LogP contribution in [0.5, 0.6) is 0 Å². The van der Waals surface area contributed by atoms with Crippen molar-refractivity contribution in [3.63, 3.8) is 0 Å². The Morgan fingerprint density at radius 3 is 2.67 bits per heavy atom. The number of nitro groups is 1. The van der Waals surface area contributed by atoms with E-state index in [1.165, 1.54) is 0 Å². The summed E-state index contributed by atoms with van der Waals surface area (Å²) in [5.74, 6) is 0. The zero-order valence-corrected chi connectivity index (χ0v) is 13.6. The van der Waals surface area contributed by atoms with Crippen molar-refractivity contribution in [2.45, 2.75) is 46.2 Å². The standard InChI is InChI=1S/C16H27N3O2/c1-13(2)18(4)11-6-5-10-17-12-15-8-7-9-16(14(15)3)19(20)21/h7-9,13,17H,5-6,10-12H2,1-4H3. The number of hydrogen-bond acceptors (Lipinski definition) is 4. The third-order valence-corrected chi connectivity index (χ3v) is 3.93. The molecule has 1 N–H and O–H groups in total. The van der Waals surface area contributed by atoms with Gasteiger partial charge < -0.3 is 10.2 Å². The number of rotatable bonds is 9. The van der Waals surface area contributed by atoms with Crippen LogP contribution >= 0.6 is 0 Å². The van der Waals surface area contributed by atoms with Gasteiger partial charge in [0.1, 0.15) is 0 Å². The highest BCUT2D eigenvalue weighted by Crippen LogP contribution is 2.20. The summed E-state index contributed by atoms with van der Waals surface area (Å²) in [7, 11) is 2.14. The molecule has 0 aliphatic rings. The van der Waals surface area contributed by atoms with Gasteiger partial charge in [0.05, 0.1) is 4.92 Å². The molecule has 5 heteroatoms. The molecule has 0 saturated heterocycles. The van der Waals surface area contributed by atoms with Crippen LogP contribution in [-0.4, -0.2) is 36.0 Å². The highest BCUT2D eigenvalue weighted by molar-refractivity contribution is 5.44. The number of nitrogens with zero attached hydrogens (tertiary/aromatic N) is 2. The Bertz CT molecular complexity index is 461. The average Bonchev–Trinajstić information content (AvgIpc) is 2.43. The van der Waals surface area contributed by atoms with Crippen molar-refractivity contribution in [2.24, 2.45) is 0 Å². The van der Waals surface area contributed by atoms with Crippen LogP contribution in [0.2, 0.25) is 0 Å². The van der Waals surface area contributed by atoms with Gasteiger partial charge in [0.25, 0.3) is 5.69 Å². The minimum atomic E-state index is -0.319. The summed E-state index contributed by atoms with van der Waals surface area (Å²) in [5, 5.41) is 14.3. The van der Waals surface area contributed by atoms with E-state index in [9.17, 15) is 10.1 Å². The molecular formula is C16H27N3O2. The van der Waals surface area contributed by atoms with Crippen LogP contribution in [-0.2, 0) is 6.54 Å². The Hall–Kier alpha value is -1.46. The third kappa shape index (κ3) is 5.81. The normalized spacial score (nSPS) is 11.3. The number of nitro benzene ring substituents is 1. The van der Waals surface area contributed by atoms with Crippen LogP contribution in [0, 0.1) is 17.0 Å². The van der Waals surface area contributed by atoms with E-state index in [4.69, 9.17) is 0 Å². The summed E-state index contributed by atoms with van der Waals surface area (Å²) >= 11 is 0. The summed E-state index contributed by atoms with van der Waals surface area (Å²) < 4.78 is 0. The van der Waals surface area contributed by atoms with Gasteiger partial charge in [0.15, 0.2) is 0 Å². The van der Waals surface area contributed by atoms with E-state index < -0.39 is 0 Å². The van der Waals surface area contributed by atoms with E-state index in [2.05, 4.69) is 31.1 Å². The van der Waals surface area contributed by atoms with Crippen LogP contribution in [0.3, 0.4) is 0 Å². The molecule has 1 aromatic carbocycles. The van der Waals surface area contributed by atoms with E-state index in [1.54, 1.807) is 12.1 Å². The number of benzene rings is 1. The fourth-order valence-corrected chi connectivity index (χ4v) is 2.15. The first-order chi connectivity index (χ1) is 9.93. The lowest BCUT2D eigenvalue weighted by Crippen LogP contribution is -2.27. The largest absolute Gasteiger partial charge is 0.313 e. The maximum absolute atomic E-state index is 10.9. The fourth-order valence-electron chi connectivity index (χ4n) is 2.15. The predicted octanol–water partition coefficient (Wildman–Crippen LogP) is 3.11. The monoisotopic (exact) mass is 293 g/mol. The van der Waals surface area contributed by atoms with Gasteiger partial charge in [-0.1, -0.05) is 12.1 Å². The van der Waals surface area contributed by atoms with Crippen LogP contribution in [0.4, 0.5) is 5.69 Å². The van der Waals surface area contributed by atoms with E-state index in [0.717, 1.165) is 37.1 Å². The summed E-state index contributed by atoms with van der Waals surface area (Å²) in [6.45, 7) is 8.94. The highest BCUT2D eigenvalue weighted by Gasteiger charge is 2.12. The summed E-state index contributed by atoms with van der Waals surface area (Å²) in [4.78, 5) is 12.9. The molecule has 0 aromatic heterocycles. The molecule has 0 aliphatic carbocycles. The van der Waals surface area contributed by atoms with Gasteiger partial charge in [-0.25, -0.2) is 0 Å². The lowest BCUT2D eigenvalue weighted by Gasteiger charge is -2.20. The summed E-state index contributed by atoms with van der Waals surface area (Å²) in [5.41, 5.74) is 1.96. The van der Waals surface area contributed by atoms with E-state index in [1.807, 2.05) is 13.0 Å². The molecule has 1 rings (SSSR count). The lowest BCUT2D eigenvalue weighted by molar-refractivity contribution is -0.385. The van der Waals surface area contributed by atoms with Gasteiger partial charge in [-0.3, -0.25) is 10.1 Å². The molecule has 0 heterocycles. The first-order valence-electron chi connectivity index (χ1n) is 7.57. The van der Waals surface area contributed by atoms with Crippen molar-refractivity contribution in [3.05, 3.63) is 39.4 Å². The number of hydrogen-bond donors (Lipinski definition) is 1. The van der Waals surface area contributed by atoms with Gasteiger partial charge in [-0.2, -0.15) is 0 Å². The van der Waals surface area contributed by atoms with Crippen molar-refractivity contribution in [1.82, 2.24) is 10.2 Å². The number of unbranched alkanes of at least 4 members (excludes halogenated alkanes) is 1. The molecule has 21 heavy (non-hydrogen) atoms. The lowest BCUT2D eigenvalue weighted by atomic mass is 10.1. The minimum absolute atomic E-state index is 0.202. The Morgan fingerprint density at radius 1 is 1.33 bits per heavy atom. The molecule has 0 spiro atoms. The first-order valence-corrected chi connectivity index (χ1v) is 7.57. The average molecular weight is 293 g/mol. The van der Waals surface area contributed by atoms with E-state index >= 15 is 0 Å². The second-order valence-electron chi connectivity index (χ2n) is 5.78. The zero-order valence-electron chi connectivity index (χ0n) is 13.6. The van der Waals surface area contributed by atoms with Gasteiger partial charge in [-0.05, 0) is 59.3 Å². The maximum atomic E-state index is 10.9. The Labute approximate surface area is 127 Å². The zero-order chi connectivity index (χ0) is 15.8. The molecule has 0 unspecified atom stereocenters. The van der Waals surface area contributed by atoms with Gasteiger partial charge in [0.2, 0.25) is 0 Å². The molecule has 0 radical (unpaired) electrons. The minimum Gasteiger partial charge on any atom is -0.313 e. The van der Waals surface area contributed by atoms with Crippen LogP contribution in [0.1, 0.15) is 37.8 Å². The molecule has 0 atom stereocenters. The maximum Gasteiger partial charge on any atom is 0.272 e. The van der Waals surface area contributed by atoms with Crippen LogP contribution in [0.15, 0.2) is 18.2 Å². The molecule has 0 fully saturated rings. The Balaban J connectivity index is 2.31. The van der Waals surface area contributed by atoms with Gasteiger partial charge >= 0.3 is 0 Å². The van der Waals surface area contributed by atoms with E-state index in [-0.39, 0.29) is 10.6 Å². The smallest absolute Gasteiger partial charge is 0.272 e. The molecular weight excluding hydrogens is 266 g/mol. The molecule has 0 bridgehead atoms. The van der Waals surface area contributed by atoms with Crippen molar-refractivity contribution < 1.29 is 4.92 Å². The van der Waals surface area contributed by atoms with Crippen molar-refractivity contribution in [2.75, 3.05) is 20.1 Å². The summed E-state index contributed by atoms with van der Waals surface area (Å²) in [6, 6.07) is 5.84. The molecule has 5 nitrogen and oxygen atoms in total. The third-order valence-electron chi connectivity index (χ3n) is 3.93. The first kappa shape index (κ1) is 17.6. The molecule has 0 amide bonds. The Morgan fingerprint density at radius 2 is 2.05 bits per heavy atom. The second-order valence-corrected chi connectivity index (χ2v) is 5.78. The highest BCUT2D eigenvalue weighted by atomic mass is 16.6. The second kappa shape index (κ2) is 8.74. The molecule has 0 saturated carbocycles. The molecule has 1 aromatic rings. The van der Waals surface area contributed by atoms with E-state index in [0.29, 0.717) is 12.6 Å². The van der Waals surface area contributed by atoms with Crippen molar-refractivity contribution >= 4 is 5.69 Å². The molecule has 0 aliphatic heterocycles.